The van der Waals surface area contributed by atoms with Crippen molar-refractivity contribution in [2.24, 2.45) is 0 Å². The minimum absolute atomic E-state index is 0.0122. The lowest BCUT2D eigenvalue weighted by Gasteiger charge is -2.14. The highest BCUT2D eigenvalue weighted by Crippen LogP contribution is 2.25. The second-order valence-electron chi connectivity index (χ2n) is 4.08. The molecule has 0 aliphatic carbocycles. The van der Waals surface area contributed by atoms with Gasteiger partial charge in [0.15, 0.2) is 0 Å². The summed E-state index contributed by atoms with van der Waals surface area (Å²) in [6.45, 7) is 3.11. The monoisotopic (exact) mass is 311 g/mol. The zero-order valence-corrected chi connectivity index (χ0v) is 11.7. The van der Waals surface area contributed by atoms with E-state index in [1.165, 1.54) is 0 Å². The third-order valence-electron chi connectivity index (χ3n) is 2.84. The molecule has 0 saturated carbocycles. The first-order valence-corrected chi connectivity index (χ1v) is 6.64. The lowest BCUT2D eigenvalue weighted by molar-refractivity contribution is -0.143. The van der Waals surface area contributed by atoms with E-state index in [2.05, 4.69) is 15.9 Å². The fourth-order valence-electron chi connectivity index (χ4n) is 1.99. The van der Waals surface area contributed by atoms with Crippen LogP contribution in [0.3, 0.4) is 0 Å². The maximum Gasteiger partial charge on any atom is 0.307 e. The van der Waals surface area contributed by atoms with Crippen LogP contribution < -0.4 is 0 Å². The van der Waals surface area contributed by atoms with Crippen molar-refractivity contribution in [2.45, 2.75) is 19.9 Å². The second kappa shape index (κ2) is 5.52. The van der Waals surface area contributed by atoms with Gasteiger partial charge in [-0.15, -0.1) is 0 Å². The fraction of sp³-hybridized carbons (Fsp3) is 0.385. The number of esters is 1. The molecule has 96 valence electrons. The topological polar surface area (TPSA) is 46.6 Å². The van der Waals surface area contributed by atoms with Gasteiger partial charge in [0.1, 0.15) is 0 Å². The van der Waals surface area contributed by atoms with Gasteiger partial charge in [0, 0.05) is 23.1 Å². The van der Waals surface area contributed by atoms with Gasteiger partial charge >= 0.3 is 5.97 Å². The predicted octanol–water partition coefficient (Wildman–Crippen LogP) is 2.36. The molecule has 0 aromatic heterocycles. The molecule has 0 unspecified atom stereocenters. The van der Waals surface area contributed by atoms with Gasteiger partial charge in [0.25, 0.3) is 5.91 Å². The van der Waals surface area contributed by atoms with Gasteiger partial charge in [-0.2, -0.15) is 0 Å². The highest BCUT2D eigenvalue weighted by Gasteiger charge is 2.27. The van der Waals surface area contributed by atoms with Crippen molar-refractivity contribution in [1.82, 2.24) is 4.90 Å². The van der Waals surface area contributed by atoms with Crippen LogP contribution in [0, 0.1) is 0 Å². The standard InChI is InChI=1S/C13H14BrNO3/c1-2-18-12(16)5-6-15-8-9-7-10(14)3-4-11(9)13(15)17/h3-4,7H,2,5-6,8H2,1H3. The lowest BCUT2D eigenvalue weighted by Crippen LogP contribution is -2.27. The molecule has 5 heteroatoms. The van der Waals surface area contributed by atoms with Crippen molar-refractivity contribution >= 4 is 27.8 Å². The van der Waals surface area contributed by atoms with Gasteiger partial charge in [-0.3, -0.25) is 9.59 Å². The molecule has 1 heterocycles. The zero-order chi connectivity index (χ0) is 13.1. The number of fused-ring (bicyclic) bond motifs is 1. The summed E-state index contributed by atoms with van der Waals surface area (Å²) in [5.74, 6) is -0.274. The highest BCUT2D eigenvalue weighted by molar-refractivity contribution is 9.10. The van der Waals surface area contributed by atoms with Gasteiger partial charge in [-0.1, -0.05) is 15.9 Å². The first-order chi connectivity index (χ1) is 8.61. The predicted molar refractivity (Wildman–Crippen MR) is 70.1 cm³/mol. The van der Waals surface area contributed by atoms with E-state index in [1.54, 1.807) is 11.8 Å². The van der Waals surface area contributed by atoms with Gasteiger partial charge < -0.3 is 9.64 Å². The summed E-state index contributed by atoms with van der Waals surface area (Å²) >= 11 is 3.38. The molecule has 0 fully saturated rings. The quantitative estimate of drug-likeness (QED) is 0.802. The molecular weight excluding hydrogens is 298 g/mol. The molecule has 0 radical (unpaired) electrons. The molecule has 4 nitrogen and oxygen atoms in total. The summed E-state index contributed by atoms with van der Waals surface area (Å²) in [4.78, 5) is 25.0. The molecule has 1 aliphatic heterocycles. The number of nitrogens with zero attached hydrogens (tertiary/aromatic N) is 1. The van der Waals surface area contributed by atoms with Crippen LogP contribution in [0.15, 0.2) is 22.7 Å². The number of halogens is 1. The minimum atomic E-state index is -0.262. The van der Waals surface area contributed by atoms with E-state index < -0.39 is 0 Å². The van der Waals surface area contributed by atoms with Crippen molar-refractivity contribution in [3.8, 4) is 0 Å². The highest BCUT2D eigenvalue weighted by atomic mass is 79.9. The van der Waals surface area contributed by atoms with E-state index in [9.17, 15) is 9.59 Å². The van der Waals surface area contributed by atoms with Crippen molar-refractivity contribution in [1.29, 1.82) is 0 Å². The smallest absolute Gasteiger partial charge is 0.307 e. The number of hydrogen-bond acceptors (Lipinski definition) is 3. The minimum Gasteiger partial charge on any atom is -0.466 e. The van der Waals surface area contributed by atoms with Crippen LogP contribution in [0.5, 0.6) is 0 Å². The van der Waals surface area contributed by atoms with Crippen molar-refractivity contribution in [3.63, 3.8) is 0 Å². The molecule has 1 aliphatic rings. The van der Waals surface area contributed by atoms with E-state index in [0.29, 0.717) is 19.7 Å². The molecule has 2 rings (SSSR count). The van der Waals surface area contributed by atoms with Crippen LogP contribution >= 0.6 is 15.9 Å². The number of hydrogen-bond donors (Lipinski definition) is 0. The molecule has 0 spiro atoms. The molecule has 0 atom stereocenters. The number of rotatable bonds is 4. The molecular formula is C13H14BrNO3. The van der Waals surface area contributed by atoms with E-state index >= 15 is 0 Å². The molecule has 0 saturated heterocycles. The van der Waals surface area contributed by atoms with Gasteiger partial charge in [0.2, 0.25) is 0 Å². The molecule has 1 amide bonds. The summed E-state index contributed by atoms with van der Waals surface area (Å²) < 4.78 is 5.81. The Morgan fingerprint density at radius 3 is 3.00 bits per heavy atom. The number of benzene rings is 1. The Balaban J connectivity index is 1.99. The summed E-state index contributed by atoms with van der Waals surface area (Å²) in [5.41, 5.74) is 1.72. The Hall–Kier alpha value is -1.36. The molecule has 18 heavy (non-hydrogen) atoms. The average Bonchev–Trinajstić information content (AvgIpc) is 2.63. The van der Waals surface area contributed by atoms with Crippen LogP contribution in [-0.4, -0.2) is 29.9 Å². The van der Waals surface area contributed by atoms with E-state index in [-0.39, 0.29) is 18.3 Å². The number of ether oxygens (including phenoxy) is 1. The van der Waals surface area contributed by atoms with Crippen molar-refractivity contribution in [3.05, 3.63) is 33.8 Å². The molecule has 0 bridgehead atoms. The summed E-state index contributed by atoms with van der Waals surface area (Å²) in [7, 11) is 0. The summed E-state index contributed by atoms with van der Waals surface area (Å²) in [6.07, 6.45) is 0.245. The zero-order valence-electron chi connectivity index (χ0n) is 10.1. The SMILES string of the molecule is CCOC(=O)CCN1Cc2cc(Br)ccc2C1=O. The Morgan fingerprint density at radius 1 is 1.50 bits per heavy atom. The largest absolute Gasteiger partial charge is 0.466 e. The normalized spacial score (nSPS) is 13.7. The van der Waals surface area contributed by atoms with Crippen LogP contribution in [-0.2, 0) is 16.1 Å². The number of carbonyl (C=O) groups excluding carboxylic acids is 2. The Kier molecular flexibility index (Phi) is 4.01. The first kappa shape index (κ1) is 13.1. The molecule has 0 N–H and O–H groups in total. The van der Waals surface area contributed by atoms with Crippen LogP contribution in [0.2, 0.25) is 0 Å². The number of amides is 1. The van der Waals surface area contributed by atoms with E-state index in [1.807, 2.05) is 18.2 Å². The van der Waals surface area contributed by atoms with E-state index in [0.717, 1.165) is 15.6 Å². The van der Waals surface area contributed by atoms with Crippen molar-refractivity contribution < 1.29 is 14.3 Å². The van der Waals surface area contributed by atoms with Crippen molar-refractivity contribution in [2.75, 3.05) is 13.2 Å². The van der Waals surface area contributed by atoms with Gasteiger partial charge in [0.05, 0.1) is 13.0 Å². The van der Waals surface area contributed by atoms with E-state index in [4.69, 9.17) is 4.74 Å². The first-order valence-electron chi connectivity index (χ1n) is 5.85. The maximum absolute atomic E-state index is 12.0. The summed E-state index contributed by atoms with van der Waals surface area (Å²) in [6, 6.07) is 5.61. The Bertz CT molecular complexity index is 487. The Labute approximate surface area is 114 Å². The lowest BCUT2D eigenvalue weighted by atomic mass is 10.1. The van der Waals surface area contributed by atoms with Gasteiger partial charge in [-0.25, -0.2) is 0 Å². The average molecular weight is 312 g/mol. The van der Waals surface area contributed by atoms with Crippen LogP contribution in [0.4, 0.5) is 0 Å². The van der Waals surface area contributed by atoms with Gasteiger partial charge in [-0.05, 0) is 30.7 Å². The fourth-order valence-corrected chi connectivity index (χ4v) is 2.40. The Morgan fingerprint density at radius 2 is 2.28 bits per heavy atom. The molecule has 1 aromatic rings. The maximum atomic E-state index is 12.0. The molecule has 1 aromatic carbocycles. The third kappa shape index (κ3) is 2.72. The summed E-state index contributed by atoms with van der Waals surface area (Å²) in [5, 5.41) is 0. The van der Waals surface area contributed by atoms with Crippen LogP contribution in [0.1, 0.15) is 29.3 Å². The third-order valence-corrected chi connectivity index (χ3v) is 3.33. The van der Waals surface area contributed by atoms with Crippen LogP contribution in [0.25, 0.3) is 0 Å². The number of carbonyl (C=O) groups is 2. The second-order valence-corrected chi connectivity index (χ2v) is 5.00.